The summed E-state index contributed by atoms with van der Waals surface area (Å²) in [4.78, 5) is 49.8. The molecule has 0 saturated heterocycles. The number of carbonyl (C=O) groups excluding carboxylic acids is 3. The third kappa shape index (κ3) is 22.0. The predicted octanol–water partition coefficient (Wildman–Crippen LogP) is 1.69. The molecule has 2 aromatic heterocycles. The summed E-state index contributed by atoms with van der Waals surface area (Å²) in [5.41, 5.74) is 7.19. The van der Waals surface area contributed by atoms with Crippen LogP contribution in [0.4, 0.5) is 8.78 Å². The number of alkyl halides is 1. The number of thioether (sulfide) groups is 2. The average molecular weight is 1070 g/mol. The first-order chi connectivity index (χ1) is 24.8. The zero-order chi connectivity index (χ0) is 39.2. The minimum Gasteiger partial charge on any atom is -1.00 e. The molecule has 25 heteroatoms. The van der Waals surface area contributed by atoms with E-state index in [1.165, 1.54) is 75.0 Å². The molecular formula is C30H28Br2Cl4F2K2N6O7S2. The van der Waals surface area contributed by atoms with E-state index in [0.717, 1.165) is 11.8 Å². The summed E-state index contributed by atoms with van der Waals surface area (Å²) in [5, 5.41) is 16.8. The fourth-order valence-electron chi connectivity index (χ4n) is 3.27. The molecule has 0 aliphatic carbocycles. The van der Waals surface area contributed by atoms with E-state index in [9.17, 15) is 18.4 Å². The van der Waals surface area contributed by atoms with E-state index in [4.69, 9.17) is 67.6 Å². The third-order valence-electron chi connectivity index (χ3n) is 5.61. The summed E-state index contributed by atoms with van der Waals surface area (Å²) in [6.07, 6.45) is 5.88. The van der Waals surface area contributed by atoms with Crippen molar-refractivity contribution >= 4 is 126 Å². The van der Waals surface area contributed by atoms with Crippen LogP contribution in [0, 0.1) is 17.0 Å². The Morgan fingerprint density at radius 2 is 1.24 bits per heavy atom. The smallest absolute Gasteiger partial charge is 1.00 e. The quantitative estimate of drug-likeness (QED) is 0.0268. The zero-order valence-electron chi connectivity index (χ0n) is 30.1. The minimum absolute atomic E-state index is 0. The van der Waals surface area contributed by atoms with Gasteiger partial charge in [-0.15, -0.1) is 17.0 Å². The van der Waals surface area contributed by atoms with E-state index < -0.39 is 23.6 Å². The van der Waals surface area contributed by atoms with Gasteiger partial charge in [-0.3, -0.25) is 20.2 Å². The fraction of sp³-hybridized carbons (Fsp3) is 0.200. The molecule has 2 heterocycles. The van der Waals surface area contributed by atoms with E-state index in [0.29, 0.717) is 43.8 Å². The standard InChI is InChI=1S/C14H11Cl2FN2O2S.C8H7Cl2FN2S.C7H7BrN2O2.CH2O3.BrH.2K.H/c1-21-14(20)13-11(18-4-5-19-13)7-22-6-8-10(17)3-2-9(15)12(8)16;9-5-1-2-6(11)4(7(5)10)3-14-8(12)13;1-12-7(11)6-5(4-8)9-2-3-10-6;2-1-4-3;;;;/h2-5H,6-7H2,1H3;1-2H,3H2,(H3,12,13);2-3H,4H2,1H3;1,3H;1H;;;/q;;;;;2*+1;-1/p-1. The second-order valence-corrected chi connectivity index (χ2v) is 12.9. The average Bonchev–Trinajstić information content (AvgIpc) is 3.16. The van der Waals surface area contributed by atoms with Crippen molar-refractivity contribution in [2.75, 3.05) is 14.2 Å². The maximum absolute atomic E-state index is 13.8. The first kappa shape index (κ1) is 59.7. The van der Waals surface area contributed by atoms with Crippen molar-refractivity contribution in [2.24, 2.45) is 5.73 Å². The number of benzene rings is 2. The molecule has 290 valence electrons. The van der Waals surface area contributed by atoms with Crippen molar-refractivity contribution in [3.8, 4) is 0 Å². The molecule has 3 N–H and O–H groups in total. The number of esters is 2. The molecule has 0 aliphatic rings. The molecule has 0 saturated carbocycles. The summed E-state index contributed by atoms with van der Waals surface area (Å²) in [5.74, 6) is -1.01. The number of nitrogens with one attached hydrogen (secondary N) is 1. The second-order valence-electron chi connectivity index (χ2n) is 8.80. The van der Waals surface area contributed by atoms with Gasteiger partial charge in [-0.1, -0.05) is 74.1 Å². The Labute approximate surface area is 448 Å². The van der Waals surface area contributed by atoms with E-state index in [-0.39, 0.29) is 166 Å². The van der Waals surface area contributed by atoms with Crippen molar-refractivity contribution in [2.45, 2.75) is 22.6 Å². The van der Waals surface area contributed by atoms with Gasteiger partial charge in [0, 0.05) is 58.5 Å². The zero-order valence-corrected chi connectivity index (χ0v) is 43.3. The van der Waals surface area contributed by atoms with Crippen LogP contribution in [0.25, 0.3) is 0 Å². The van der Waals surface area contributed by atoms with Crippen molar-refractivity contribution in [3.05, 3.63) is 115 Å². The molecule has 0 atom stereocenters. The van der Waals surface area contributed by atoms with Gasteiger partial charge >= 0.3 is 115 Å². The first-order valence-electron chi connectivity index (χ1n) is 13.6. The van der Waals surface area contributed by atoms with Crippen LogP contribution in [0.2, 0.25) is 20.1 Å². The molecule has 0 radical (unpaired) electrons. The summed E-state index contributed by atoms with van der Waals surface area (Å²) >= 11 is 28.9. The van der Waals surface area contributed by atoms with Crippen LogP contribution in [0.3, 0.4) is 0 Å². The summed E-state index contributed by atoms with van der Waals surface area (Å²) in [7, 11) is 2.59. The monoisotopic (exact) mass is 1060 g/mol. The number of aromatic nitrogens is 4. The number of amidine groups is 1. The van der Waals surface area contributed by atoms with Crippen molar-refractivity contribution in [1.29, 1.82) is 5.41 Å². The Bertz CT molecular complexity index is 1850. The third-order valence-corrected chi connectivity index (χ3v) is 9.54. The molecule has 0 aliphatic heterocycles. The molecule has 55 heavy (non-hydrogen) atoms. The number of methoxy groups -OCH3 is 2. The van der Waals surface area contributed by atoms with Crippen LogP contribution in [0.15, 0.2) is 49.1 Å². The minimum atomic E-state index is -0.560. The van der Waals surface area contributed by atoms with Crippen LogP contribution in [-0.4, -0.2) is 57.7 Å². The van der Waals surface area contributed by atoms with E-state index >= 15 is 0 Å². The number of ether oxygens (including phenoxy) is 2. The Balaban J connectivity index is -0.000000348. The maximum Gasteiger partial charge on any atom is 1.00 e. The maximum atomic E-state index is 13.8. The molecule has 2 aromatic carbocycles. The first-order valence-corrected chi connectivity index (χ1v) is 18.4. The number of nitrogens with two attached hydrogens (primary N) is 1. The Morgan fingerprint density at radius 1 is 0.836 bits per heavy atom. The van der Waals surface area contributed by atoms with Crippen LogP contribution in [0.5, 0.6) is 0 Å². The fourth-order valence-corrected chi connectivity index (χ4v) is 6.21. The van der Waals surface area contributed by atoms with Crippen molar-refractivity contribution < 1.29 is 147 Å². The number of hydrogen-bond donors (Lipinski definition) is 2. The molecule has 4 rings (SSSR count). The van der Waals surface area contributed by atoms with Gasteiger partial charge in [-0.25, -0.2) is 28.3 Å². The van der Waals surface area contributed by atoms with Gasteiger partial charge in [0.1, 0.15) is 11.6 Å². The van der Waals surface area contributed by atoms with E-state index in [1.807, 2.05) is 0 Å². The van der Waals surface area contributed by atoms with Crippen molar-refractivity contribution in [3.63, 3.8) is 0 Å². The largest absolute Gasteiger partial charge is 1.00 e. The number of hydrogen-bond acceptors (Lipinski definition) is 14. The number of nitrogens with zero attached hydrogens (tertiary/aromatic N) is 4. The summed E-state index contributed by atoms with van der Waals surface area (Å²) < 4.78 is 36.1. The van der Waals surface area contributed by atoms with E-state index in [1.54, 1.807) is 0 Å². The SMILES string of the molecule is Br.COC(=O)c1nccnc1CBr.COC(=O)c1nccnc1CSCc1c(F)ccc(Cl)c1Cl.N=C(N)SCc1c(F)ccc(Cl)c1Cl.O=CO[O-].[H-].[K+].[K+]. The van der Waals surface area contributed by atoms with Crippen LogP contribution in [0.1, 0.15) is 44.9 Å². The van der Waals surface area contributed by atoms with Crippen LogP contribution in [-0.2, 0) is 41.7 Å². The molecule has 0 spiro atoms. The van der Waals surface area contributed by atoms with E-state index in [2.05, 4.69) is 50.2 Å². The topological polar surface area (TPSA) is 203 Å². The summed E-state index contributed by atoms with van der Waals surface area (Å²) in [6.45, 7) is -0.181. The predicted molar refractivity (Wildman–Crippen MR) is 209 cm³/mol. The molecule has 4 aromatic rings. The molecule has 0 bridgehead atoms. The Kier molecular flexibility index (Phi) is 37.1. The number of carbonyl (C=O) groups is 3. The Hall–Kier alpha value is 0.393. The van der Waals surface area contributed by atoms with Gasteiger partial charge in [0.05, 0.1) is 45.7 Å². The van der Waals surface area contributed by atoms with Crippen LogP contribution < -0.4 is 114 Å². The molecule has 0 unspecified atom stereocenters. The molecular weight excluding hydrogens is 1040 g/mol. The van der Waals surface area contributed by atoms with Crippen molar-refractivity contribution in [1.82, 2.24) is 19.9 Å². The second kappa shape index (κ2) is 34.1. The molecule has 0 amide bonds. The molecule has 13 nitrogen and oxygen atoms in total. The van der Waals surface area contributed by atoms with Crippen LogP contribution >= 0.6 is 103 Å². The van der Waals surface area contributed by atoms with Gasteiger partial charge in [-0.05, 0) is 24.3 Å². The van der Waals surface area contributed by atoms with Gasteiger partial charge in [0.25, 0.3) is 6.47 Å². The summed E-state index contributed by atoms with van der Waals surface area (Å²) in [6, 6.07) is 5.31. The van der Waals surface area contributed by atoms with Gasteiger partial charge < -0.3 is 26.8 Å². The van der Waals surface area contributed by atoms with Gasteiger partial charge in [0.2, 0.25) is 0 Å². The number of rotatable bonds is 10. The normalized spacial score (nSPS) is 9.27. The molecule has 0 fully saturated rings. The number of halogens is 8. The van der Waals surface area contributed by atoms with Gasteiger partial charge in [0.15, 0.2) is 16.6 Å². The Morgan fingerprint density at radius 3 is 1.64 bits per heavy atom. The van der Waals surface area contributed by atoms with Gasteiger partial charge in [-0.2, -0.15) is 11.8 Å².